The summed E-state index contributed by atoms with van der Waals surface area (Å²) in [5.74, 6) is -0.772. The predicted octanol–water partition coefficient (Wildman–Crippen LogP) is 3.04. The maximum atomic E-state index is 12.9. The number of aromatic amines is 1. The van der Waals surface area contributed by atoms with Gasteiger partial charge in [-0.05, 0) is 43.5 Å². The van der Waals surface area contributed by atoms with Crippen LogP contribution in [-0.4, -0.2) is 45.2 Å². The Morgan fingerprint density at radius 1 is 1.11 bits per heavy atom. The van der Waals surface area contributed by atoms with Crippen molar-refractivity contribution in [3.63, 3.8) is 0 Å². The van der Waals surface area contributed by atoms with Crippen LogP contribution in [0.5, 0.6) is 0 Å². The number of fused-ring (bicyclic) bond motifs is 1. The number of carbonyl (C=O) groups excluding carboxylic acids is 2. The molecule has 0 bridgehead atoms. The second-order valence-electron chi connectivity index (χ2n) is 8.53. The maximum Gasteiger partial charge on any atom is 0.269 e. The number of nitrogens with one attached hydrogen (secondary N) is 2. The van der Waals surface area contributed by atoms with Gasteiger partial charge in [0.25, 0.3) is 5.91 Å². The van der Waals surface area contributed by atoms with E-state index >= 15 is 0 Å². The van der Waals surface area contributed by atoms with Gasteiger partial charge in [-0.1, -0.05) is 18.2 Å². The summed E-state index contributed by atoms with van der Waals surface area (Å²) in [7, 11) is 0. The summed E-state index contributed by atoms with van der Waals surface area (Å²) in [6.07, 6.45) is 3.01. The molecule has 35 heavy (non-hydrogen) atoms. The molecule has 2 aromatic carbocycles. The molecular formula is C25H25N7O3. The van der Waals surface area contributed by atoms with Gasteiger partial charge in [0.1, 0.15) is 0 Å². The van der Waals surface area contributed by atoms with Crippen molar-refractivity contribution in [1.29, 1.82) is 0 Å². The van der Waals surface area contributed by atoms with E-state index in [1.54, 1.807) is 18.3 Å². The number of nitrogens with two attached hydrogens (primary N) is 2. The van der Waals surface area contributed by atoms with E-state index in [1.807, 2.05) is 31.2 Å². The van der Waals surface area contributed by atoms with Crippen molar-refractivity contribution in [2.24, 2.45) is 11.7 Å². The second-order valence-corrected chi connectivity index (χ2v) is 8.53. The highest BCUT2D eigenvalue weighted by Crippen LogP contribution is 2.37. The van der Waals surface area contributed by atoms with E-state index in [2.05, 4.69) is 20.5 Å². The fourth-order valence-corrected chi connectivity index (χ4v) is 4.39. The van der Waals surface area contributed by atoms with Gasteiger partial charge in [-0.15, -0.1) is 0 Å². The molecule has 0 spiro atoms. The third kappa shape index (κ3) is 4.19. The summed E-state index contributed by atoms with van der Waals surface area (Å²) >= 11 is 0. The van der Waals surface area contributed by atoms with Crippen molar-refractivity contribution in [3.8, 4) is 22.6 Å². The highest BCUT2D eigenvalue weighted by molar-refractivity contribution is 6.04. The molecule has 6 N–H and O–H groups in total. The van der Waals surface area contributed by atoms with Crippen LogP contribution >= 0.6 is 0 Å². The Morgan fingerprint density at radius 2 is 1.89 bits per heavy atom. The molecule has 3 heterocycles. The number of ether oxygens (including phenoxy) is 1. The predicted molar refractivity (Wildman–Crippen MR) is 132 cm³/mol. The van der Waals surface area contributed by atoms with Gasteiger partial charge in [0.15, 0.2) is 11.5 Å². The highest BCUT2D eigenvalue weighted by atomic mass is 16.5. The van der Waals surface area contributed by atoms with Crippen LogP contribution in [0.1, 0.15) is 28.9 Å². The fraction of sp³-hybridized carbons (Fsp3) is 0.240. The zero-order valence-corrected chi connectivity index (χ0v) is 19.2. The van der Waals surface area contributed by atoms with Crippen LogP contribution in [0.3, 0.4) is 0 Å². The largest absolute Gasteiger partial charge is 0.395 e. The van der Waals surface area contributed by atoms with E-state index in [0.29, 0.717) is 43.0 Å². The number of hydrogen-bond acceptors (Lipinski definition) is 7. The smallest absolute Gasteiger partial charge is 0.269 e. The van der Waals surface area contributed by atoms with Crippen molar-refractivity contribution < 1.29 is 14.3 Å². The first kappa shape index (κ1) is 22.5. The average Bonchev–Trinajstić information content (AvgIpc) is 3.34. The molecule has 0 aliphatic carbocycles. The van der Waals surface area contributed by atoms with Crippen LogP contribution in [-0.2, 0) is 9.53 Å². The summed E-state index contributed by atoms with van der Waals surface area (Å²) in [5, 5.41) is 10.9. The first-order valence-corrected chi connectivity index (χ1v) is 11.3. The molecule has 2 aromatic heterocycles. The van der Waals surface area contributed by atoms with Crippen LogP contribution in [0.15, 0.2) is 42.6 Å². The number of carbonyl (C=O) groups is 2. The Morgan fingerprint density at radius 3 is 2.66 bits per heavy atom. The topological polar surface area (TPSA) is 162 Å². The molecule has 5 rings (SSSR count). The normalized spacial score (nSPS) is 14.2. The average molecular weight is 472 g/mol. The number of para-hydroxylation sites is 1. The van der Waals surface area contributed by atoms with Crippen LogP contribution in [0.25, 0.3) is 33.5 Å². The van der Waals surface area contributed by atoms with Gasteiger partial charge in [0.05, 0.1) is 28.8 Å². The lowest BCUT2D eigenvalue weighted by Gasteiger charge is -2.22. The number of primary amides is 1. The van der Waals surface area contributed by atoms with E-state index in [4.69, 9.17) is 21.2 Å². The van der Waals surface area contributed by atoms with Gasteiger partial charge < -0.3 is 21.5 Å². The Hall–Kier alpha value is -4.31. The summed E-state index contributed by atoms with van der Waals surface area (Å²) in [6, 6.07) is 11.0. The highest BCUT2D eigenvalue weighted by Gasteiger charge is 2.25. The summed E-state index contributed by atoms with van der Waals surface area (Å²) < 4.78 is 5.37. The molecular weight excluding hydrogens is 446 g/mol. The van der Waals surface area contributed by atoms with E-state index in [1.165, 1.54) is 0 Å². The fourth-order valence-electron chi connectivity index (χ4n) is 4.39. The molecule has 0 unspecified atom stereocenters. The maximum absolute atomic E-state index is 12.9. The van der Waals surface area contributed by atoms with Crippen molar-refractivity contribution in [1.82, 2.24) is 20.2 Å². The molecule has 1 aliphatic rings. The third-order valence-electron chi connectivity index (χ3n) is 6.27. The van der Waals surface area contributed by atoms with Gasteiger partial charge in [0.2, 0.25) is 5.91 Å². The van der Waals surface area contributed by atoms with Crippen LogP contribution < -0.4 is 16.8 Å². The van der Waals surface area contributed by atoms with E-state index in [0.717, 1.165) is 22.0 Å². The number of aromatic nitrogens is 4. The number of H-pyrrole nitrogens is 1. The molecule has 4 aromatic rings. The van der Waals surface area contributed by atoms with Crippen molar-refractivity contribution in [2.75, 3.05) is 24.3 Å². The quantitative estimate of drug-likeness (QED) is 0.348. The molecule has 1 fully saturated rings. The Labute approximate surface area is 201 Å². The molecule has 1 saturated heterocycles. The number of nitrogens with zero attached hydrogens (tertiary/aromatic N) is 3. The summed E-state index contributed by atoms with van der Waals surface area (Å²) in [4.78, 5) is 34.4. The minimum atomic E-state index is -0.770. The minimum Gasteiger partial charge on any atom is -0.395 e. The number of benzene rings is 2. The summed E-state index contributed by atoms with van der Waals surface area (Å²) in [6.45, 7) is 3.05. The SMILES string of the molecule is Cc1ccc2[nH]ncc2c1-c1nc(-c2ccccc2NC(=O)C2CCOCC2)nc(C(N)=O)c1N. The molecule has 0 radical (unpaired) electrons. The van der Waals surface area contributed by atoms with Crippen molar-refractivity contribution in [3.05, 3.63) is 53.9 Å². The number of amides is 2. The van der Waals surface area contributed by atoms with Gasteiger partial charge in [0, 0.05) is 35.6 Å². The molecule has 2 amide bonds. The Bertz CT molecular complexity index is 1440. The summed E-state index contributed by atoms with van der Waals surface area (Å²) in [5.41, 5.74) is 15.9. The number of anilines is 2. The van der Waals surface area contributed by atoms with Gasteiger partial charge in [-0.2, -0.15) is 5.10 Å². The molecule has 10 heteroatoms. The first-order chi connectivity index (χ1) is 16.9. The monoisotopic (exact) mass is 471 g/mol. The lowest BCUT2D eigenvalue weighted by molar-refractivity contribution is -0.122. The van der Waals surface area contributed by atoms with E-state index in [-0.39, 0.29) is 29.0 Å². The molecule has 10 nitrogen and oxygen atoms in total. The molecule has 178 valence electrons. The molecule has 0 saturated carbocycles. The number of rotatable bonds is 5. The number of hydrogen-bond donors (Lipinski definition) is 4. The van der Waals surface area contributed by atoms with Gasteiger partial charge >= 0.3 is 0 Å². The first-order valence-electron chi connectivity index (χ1n) is 11.3. The van der Waals surface area contributed by atoms with Crippen LogP contribution in [0.4, 0.5) is 11.4 Å². The lowest BCUT2D eigenvalue weighted by atomic mass is 9.98. The number of aryl methyl sites for hydroxylation is 1. The molecule has 1 aliphatic heterocycles. The van der Waals surface area contributed by atoms with Gasteiger partial charge in [-0.25, -0.2) is 9.97 Å². The van der Waals surface area contributed by atoms with Crippen molar-refractivity contribution in [2.45, 2.75) is 19.8 Å². The third-order valence-corrected chi connectivity index (χ3v) is 6.27. The zero-order chi connectivity index (χ0) is 24.5. The van der Waals surface area contributed by atoms with Crippen molar-refractivity contribution >= 4 is 34.1 Å². The lowest BCUT2D eigenvalue weighted by Crippen LogP contribution is -2.28. The standard InChI is InChI=1S/C25H25N7O3/c1-13-6-7-18-16(12-28-32-18)19(13)21-20(26)22(23(27)33)31-24(30-21)15-4-2-3-5-17(15)29-25(34)14-8-10-35-11-9-14/h2-7,12,14H,8-11,26H2,1H3,(H2,27,33)(H,28,32)(H,29,34). The Kier molecular flexibility index (Phi) is 5.87. The van der Waals surface area contributed by atoms with E-state index < -0.39 is 5.91 Å². The van der Waals surface area contributed by atoms with Gasteiger partial charge in [-0.3, -0.25) is 14.7 Å². The minimum absolute atomic E-state index is 0.0850. The van der Waals surface area contributed by atoms with Crippen LogP contribution in [0, 0.1) is 12.8 Å². The van der Waals surface area contributed by atoms with E-state index in [9.17, 15) is 9.59 Å². The van der Waals surface area contributed by atoms with Crippen LogP contribution in [0.2, 0.25) is 0 Å². The Balaban J connectivity index is 1.65. The zero-order valence-electron chi connectivity index (χ0n) is 19.2. The number of nitrogen functional groups attached to an aromatic ring is 1. The second kappa shape index (κ2) is 9.15. The molecule has 0 atom stereocenters.